The number of rotatable bonds is 2. The average molecular weight is 489 g/mol. The number of ether oxygens (including phenoxy) is 4. The van der Waals surface area contributed by atoms with E-state index in [2.05, 4.69) is 27.7 Å². The quantitative estimate of drug-likeness (QED) is 0.393. The molecule has 12 atom stereocenters. The minimum absolute atomic E-state index is 0.0340. The number of hydrogen-bond acceptors (Lipinski definition) is 5. The third kappa shape index (κ3) is 3.64. The van der Waals surface area contributed by atoms with Gasteiger partial charge in [0.2, 0.25) is 0 Å². The Bertz CT molecular complexity index is 830. The van der Waals surface area contributed by atoms with Gasteiger partial charge in [-0.3, -0.25) is 0 Å². The van der Waals surface area contributed by atoms with E-state index in [9.17, 15) is 4.79 Å². The molecule has 198 valence electrons. The summed E-state index contributed by atoms with van der Waals surface area (Å²) < 4.78 is 24.1. The maximum absolute atomic E-state index is 11.9. The first kappa shape index (κ1) is 24.5. The molecule has 0 N–H and O–H groups in total. The van der Waals surface area contributed by atoms with Crippen LogP contribution in [0, 0.1) is 52.3 Å². The molecule has 0 aromatic heterocycles. The molecule has 2 aliphatic heterocycles. The molecule has 4 aliphatic carbocycles. The average Bonchev–Trinajstić information content (AvgIpc) is 3.24. The first-order chi connectivity index (χ1) is 16.7. The second-order valence-electron chi connectivity index (χ2n) is 13.9. The van der Waals surface area contributed by atoms with E-state index >= 15 is 0 Å². The van der Waals surface area contributed by atoms with Gasteiger partial charge in [-0.2, -0.15) is 0 Å². The molecule has 5 unspecified atom stereocenters. The van der Waals surface area contributed by atoms with E-state index in [1.807, 2.05) is 6.92 Å². The van der Waals surface area contributed by atoms with Crippen LogP contribution < -0.4 is 0 Å². The van der Waals surface area contributed by atoms with E-state index in [4.69, 9.17) is 18.9 Å². The van der Waals surface area contributed by atoms with Gasteiger partial charge >= 0.3 is 6.16 Å². The molecule has 0 amide bonds. The van der Waals surface area contributed by atoms with E-state index in [-0.39, 0.29) is 11.9 Å². The van der Waals surface area contributed by atoms with Crippen molar-refractivity contribution in [2.45, 2.75) is 117 Å². The summed E-state index contributed by atoms with van der Waals surface area (Å²) in [6, 6.07) is 0. The smallest absolute Gasteiger partial charge is 0.435 e. The fourth-order valence-corrected chi connectivity index (χ4v) is 10.8. The first-order valence-electron chi connectivity index (χ1n) is 14.9. The molecule has 6 fully saturated rings. The number of carbonyl (C=O) groups is 1. The fraction of sp³-hybridized carbons (Fsp3) is 0.967. The van der Waals surface area contributed by atoms with Crippen molar-refractivity contribution in [3.05, 3.63) is 0 Å². The SMILES string of the molecule is CCOC(=O)O[C@H]1CC[C@@]2(C)C(CCC3C2CC[C@@]2(C)C3C[C@@H]3O[C@]4(C[C@H](C)CCO4)[C@@H](C)C32)C1. The van der Waals surface area contributed by atoms with Gasteiger partial charge in [0.1, 0.15) is 6.10 Å². The van der Waals surface area contributed by atoms with Crippen molar-refractivity contribution >= 4 is 6.16 Å². The third-order valence-electron chi connectivity index (χ3n) is 12.4. The zero-order valence-corrected chi connectivity index (χ0v) is 22.7. The van der Waals surface area contributed by atoms with Gasteiger partial charge in [0, 0.05) is 12.3 Å². The van der Waals surface area contributed by atoms with Gasteiger partial charge in [0.05, 0.1) is 19.3 Å². The molecular formula is C30H48O5. The second-order valence-corrected chi connectivity index (χ2v) is 13.9. The van der Waals surface area contributed by atoms with E-state index in [1.54, 1.807) is 0 Å². The summed E-state index contributed by atoms with van der Waals surface area (Å²) in [5.41, 5.74) is 0.762. The van der Waals surface area contributed by atoms with Crippen LogP contribution in [-0.4, -0.2) is 37.4 Å². The molecule has 0 radical (unpaired) electrons. The summed E-state index contributed by atoms with van der Waals surface area (Å²) in [5, 5.41) is 0. The minimum atomic E-state index is -0.482. The summed E-state index contributed by atoms with van der Waals surface area (Å²) in [7, 11) is 0. The third-order valence-corrected chi connectivity index (χ3v) is 12.4. The number of hydrogen-bond donors (Lipinski definition) is 0. The summed E-state index contributed by atoms with van der Waals surface area (Å²) in [5.74, 6) is 4.57. The predicted octanol–water partition coefficient (Wildman–Crippen LogP) is 6.97. The predicted molar refractivity (Wildman–Crippen MR) is 134 cm³/mol. The monoisotopic (exact) mass is 488 g/mol. The topological polar surface area (TPSA) is 54.0 Å². The Kier molecular flexibility index (Phi) is 6.03. The zero-order chi connectivity index (χ0) is 24.6. The standard InChI is InChI=1S/C30H48O5/c1-6-32-27(31)34-21-9-12-28(4)20(15-21)7-8-22-23(28)10-13-29(5)24(22)16-25-26(29)19(3)30(35-25)17-18(2)11-14-33-30/h18-26H,6-17H2,1-5H3/t18-,19+,20?,21+,22?,23?,24?,25+,26?,28+,29+,30-/m1/s1. The van der Waals surface area contributed by atoms with Crippen LogP contribution in [0.4, 0.5) is 4.79 Å². The molecule has 0 aromatic rings. The van der Waals surface area contributed by atoms with Crippen LogP contribution in [0.3, 0.4) is 0 Å². The molecule has 35 heavy (non-hydrogen) atoms. The summed E-state index contributed by atoms with van der Waals surface area (Å²) in [4.78, 5) is 11.9. The highest BCUT2D eigenvalue weighted by Gasteiger charge is 2.69. The highest BCUT2D eigenvalue weighted by atomic mass is 16.7. The van der Waals surface area contributed by atoms with Crippen LogP contribution in [0.5, 0.6) is 0 Å². The van der Waals surface area contributed by atoms with Crippen molar-refractivity contribution in [3.63, 3.8) is 0 Å². The van der Waals surface area contributed by atoms with Gasteiger partial charge in [-0.15, -0.1) is 0 Å². The number of carbonyl (C=O) groups excluding carboxylic acids is 1. The van der Waals surface area contributed by atoms with Crippen LogP contribution in [0.15, 0.2) is 0 Å². The van der Waals surface area contributed by atoms with Crippen molar-refractivity contribution in [1.82, 2.24) is 0 Å². The van der Waals surface area contributed by atoms with Crippen molar-refractivity contribution in [3.8, 4) is 0 Å². The van der Waals surface area contributed by atoms with Crippen LogP contribution in [0.1, 0.15) is 98.8 Å². The summed E-state index contributed by atoms with van der Waals surface area (Å²) >= 11 is 0. The lowest BCUT2D eigenvalue weighted by Crippen LogP contribution is -2.55. The molecule has 2 saturated heterocycles. The Balaban J connectivity index is 1.18. The summed E-state index contributed by atoms with van der Waals surface area (Å²) in [6.07, 6.45) is 11.9. The van der Waals surface area contributed by atoms with Crippen LogP contribution in [0.25, 0.3) is 0 Å². The summed E-state index contributed by atoms with van der Waals surface area (Å²) in [6.45, 7) is 13.1. The zero-order valence-electron chi connectivity index (χ0n) is 22.7. The highest BCUT2D eigenvalue weighted by molar-refractivity contribution is 5.60. The molecule has 6 rings (SSSR count). The van der Waals surface area contributed by atoms with Crippen LogP contribution >= 0.6 is 0 Å². The molecule has 1 spiro atoms. The molecule has 0 aromatic carbocycles. The molecule has 5 heteroatoms. The lowest BCUT2D eigenvalue weighted by Gasteiger charge is -2.61. The van der Waals surface area contributed by atoms with Gasteiger partial charge in [-0.25, -0.2) is 4.79 Å². The Hall–Kier alpha value is -0.810. The fourth-order valence-electron chi connectivity index (χ4n) is 10.8. The molecule has 0 bridgehead atoms. The van der Waals surface area contributed by atoms with E-state index in [0.717, 1.165) is 43.6 Å². The maximum atomic E-state index is 11.9. The molecule has 4 saturated carbocycles. The lowest BCUT2D eigenvalue weighted by molar-refractivity contribution is -0.273. The molecular weight excluding hydrogens is 440 g/mol. The van der Waals surface area contributed by atoms with Gasteiger partial charge < -0.3 is 18.9 Å². The van der Waals surface area contributed by atoms with E-state index < -0.39 is 6.16 Å². The Morgan fingerprint density at radius 1 is 0.971 bits per heavy atom. The van der Waals surface area contributed by atoms with Crippen molar-refractivity contribution < 1.29 is 23.7 Å². The normalized spacial score (nSPS) is 54.9. The van der Waals surface area contributed by atoms with Crippen LogP contribution in [-0.2, 0) is 18.9 Å². The van der Waals surface area contributed by atoms with Gasteiger partial charge in [-0.05, 0) is 111 Å². The van der Waals surface area contributed by atoms with E-state index in [1.165, 1.54) is 44.9 Å². The Morgan fingerprint density at radius 2 is 1.77 bits per heavy atom. The van der Waals surface area contributed by atoms with Gasteiger partial charge in [0.25, 0.3) is 0 Å². The molecule has 5 nitrogen and oxygen atoms in total. The lowest BCUT2D eigenvalue weighted by atomic mass is 9.44. The van der Waals surface area contributed by atoms with Crippen molar-refractivity contribution in [2.24, 2.45) is 52.3 Å². The molecule has 2 heterocycles. The second kappa shape index (κ2) is 8.61. The molecule has 6 aliphatic rings. The maximum Gasteiger partial charge on any atom is 0.508 e. The van der Waals surface area contributed by atoms with E-state index in [0.29, 0.717) is 47.2 Å². The largest absolute Gasteiger partial charge is 0.508 e. The van der Waals surface area contributed by atoms with Gasteiger partial charge in [-0.1, -0.05) is 27.7 Å². The first-order valence-corrected chi connectivity index (χ1v) is 14.9. The Labute approximate surface area is 212 Å². The van der Waals surface area contributed by atoms with Crippen LogP contribution in [0.2, 0.25) is 0 Å². The van der Waals surface area contributed by atoms with Crippen molar-refractivity contribution in [1.29, 1.82) is 0 Å². The van der Waals surface area contributed by atoms with Crippen molar-refractivity contribution in [2.75, 3.05) is 13.2 Å². The highest BCUT2D eigenvalue weighted by Crippen LogP contribution is 2.71. The minimum Gasteiger partial charge on any atom is -0.435 e. The number of fused-ring (bicyclic) bond motifs is 7. The van der Waals surface area contributed by atoms with Gasteiger partial charge in [0.15, 0.2) is 5.79 Å². The Morgan fingerprint density at radius 3 is 2.54 bits per heavy atom.